The molecule has 9 heteroatoms. The average Bonchev–Trinajstić information content (AvgIpc) is 3.14. The zero-order valence-corrected chi connectivity index (χ0v) is 13.9. The van der Waals surface area contributed by atoms with Crippen LogP contribution in [0.1, 0.15) is 11.8 Å². The fraction of sp³-hybridized carbons (Fsp3) is 0.176. The van der Waals surface area contributed by atoms with Crippen LogP contribution < -0.4 is 5.69 Å². The lowest BCUT2D eigenvalue weighted by Crippen LogP contribution is -2.22. The monoisotopic (exact) mass is 357 g/mol. The Morgan fingerprint density at radius 1 is 1.12 bits per heavy atom. The highest BCUT2D eigenvalue weighted by Gasteiger charge is 2.16. The van der Waals surface area contributed by atoms with Gasteiger partial charge in [0, 0.05) is 25.7 Å². The Morgan fingerprint density at radius 2 is 1.92 bits per heavy atom. The number of rotatable bonds is 3. The predicted molar refractivity (Wildman–Crippen MR) is 88.5 cm³/mol. The van der Waals surface area contributed by atoms with Gasteiger partial charge < -0.3 is 4.42 Å². The number of imidazole rings is 1. The number of benzene rings is 1. The van der Waals surface area contributed by atoms with Crippen molar-refractivity contribution < 1.29 is 13.2 Å². The van der Waals surface area contributed by atoms with E-state index in [0.717, 1.165) is 12.1 Å². The van der Waals surface area contributed by atoms with Gasteiger partial charge in [-0.1, -0.05) is 6.07 Å². The maximum atomic E-state index is 13.5. The van der Waals surface area contributed by atoms with E-state index in [-0.39, 0.29) is 18.1 Å². The molecular formula is C17H13F2N5O2. The number of pyridine rings is 1. The second-order valence-corrected chi connectivity index (χ2v) is 5.84. The van der Waals surface area contributed by atoms with Crippen molar-refractivity contribution in [3.05, 3.63) is 64.4 Å². The highest BCUT2D eigenvalue weighted by molar-refractivity contribution is 5.78. The van der Waals surface area contributed by atoms with Gasteiger partial charge in [0.2, 0.25) is 11.8 Å². The second kappa shape index (κ2) is 5.87. The van der Waals surface area contributed by atoms with Crippen LogP contribution in [0.25, 0.3) is 22.3 Å². The molecule has 0 aliphatic carbocycles. The van der Waals surface area contributed by atoms with Gasteiger partial charge in [0.1, 0.15) is 6.54 Å². The number of aryl methyl sites for hydroxylation is 2. The van der Waals surface area contributed by atoms with Crippen molar-refractivity contribution in [3.8, 4) is 11.1 Å². The molecule has 0 aliphatic heterocycles. The fourth-order valence-corrected chi connectivity index (χ4v) is 2.80. The van der Waals surface area contributed by atoms with Gasteiger partial charge in [0.25, 0.3) is 0 Å². The number of hydrogen-bond acceptors (Lipinski definition) is 5. The van der Waals surface area contributed by atoms with Gasteiger partial charge >= 0.3 is 5.69 Å². The minimum absolute atomic E-state index is 0.0833. The van der Waals surface area contributed by atoms with Crippen molar-refractivity contribution in [2.45, 2.75) is 13.5 Å². The van der Waals surface area contributed by atoms with Gasteiger partial charge in [-0.2, -0.15) is 0 Å². The van der Waals surface area contributed by atoms with E-state index < -0.39 is 11.6 Å². The lowest BCUT2D eigenvalue weighted by molar-refractivity contribution is 0.453. The number of nitrogens with zero attached hydrogens (tertiary/aromatic N) is 5. The first-order valence-corrected chi connectivity index (χ1v) is 7.73. The van der Waals surface area contributed by atoms with Gasteiger partial charge in [-0.3, -0.25) is 9.13 Å². The molecular weight excluding hydrogens is 344 g/mol. The van der Waals surface area contributed by atoms with Crippen molar-refractivity contribution >= 4 is 11.2 Å². The lowest BCUT2D eigenvalue weighted by Gasteiger charge is -2.04. The molecule has 132 valence electrons. The Kier molecular flexibility index (Phi) is 3.64. The molecule has 0 radical (unpaired) electrons. The summed E-state index contributed by atoms with van der Waals surface area (Å²) in [6.45, 7) is 1.74. The highest BCUT2D eigenvalue weighted by Crippen LogP contribution is 2.24. The Hall–Kier alpha value is -3.36. The normalized spacial score (nSPS) is 11.4. The Morgan fingerprint density at radius 3 is 2.62 bits per heavy atom. The number of aromatic nitrogens is 5. The maximum absolute atomic E-state index is 13.5. The Labute approximate surface area is 145 Å². The minimum atomic E-state index is -0.950. The summed E-state index contributed by atoms with van der Waals surface area (Å²) in [6.07, 6.45) is 1.51. The molecule has 0 saturated heterocycles. The first kappa shape index (κ1) is 16.1. The minimum Gasteiger partial charge on any atom is -0.424 e. The molecule has 0 aliphatic rings. The third kappa shape index (κ3) is 2.57. The zero-order chi connectivity index (χ0) is 18.4. The third-order valence-electron chi connectivity index (χ3n) is 4.09. The summed E-state index contributed by atoms with van der Waals surface area (Å²) in [5.41, 5.74) is 1.69. The molecule has 0 unspecified atom stereocenters. The van der Waals surface area contributed by atoms with Gasteiger partial charge in [0.05, 0.1) is 5.52 Å². The summed E-state index contributed by atoms with van der Waals surface area (Å²) in [7, 11) is 1.60. The van der Waals surface area contributed by atoms with E-state index in [0.29, 0.717) is 28.2 Å². The quantitative estimate of drug-likeness (QED) is 0.563. The highest BCUT2D eigenvalue weighted by atomic mass is 19.2. The number of hydrogen-bond donors (Lipinski definition) is 0. The summed E-state index contributed by atoms with van der Waals surface area (Å²) in [4.78, 5) is 16.8. The summed E-state index contributed by atoms with van der Waals surface area (Å²) in [5.74, 6) is -1.19. The predicted octanol–water partition coefficient (Wildman–Crippen LogP) is 2.42. The van der Waals surface area contributed by atoms with Crippen LogP contribution in [-0.2, 0) is 13.6 Å². The first-order valence-electron chi connectivity index (χ1n) is 7.73. The van der Waals surface area contributed by atoms with Crippen LogP contribution in [-0.4, -0.2) is 24.3 Å². The van der Waals surface area contributed by atoms with Crippen LogP contribution in [0, 0.1) is 18.6 Å². The fourth-order valence-electron chi connectivity index (χ4n) is 2.80. The molecule has 0 atom stereocenters. The topological polar surface area (TPSA) is 78.7 Å². The molecule has 0 amide bonds. The molecule has 3 heterocycles. The first-order chi connectivity index (χ1) is 12.4. The van der Waals surface area contributed by atoms with Gasteiger partial charge in [-0.05, 0) is 23.8 Å². The van der Waals surface area contributed by atoms with Gasteiger partial charge in [-0.15, -0.1) is 10.2 Å². The molecule has 0 fully saturated rings. The largest absolute Gasteiger partial charge is 0.424 e. The van der Waals surface area contributed by atoms with E-state index in [1.54, 1.807) is 20.0 Å². The summed E-state index contributed by atoms with van der Waals surface area (Å²) >= 11 is 0. The molecule has 0 spiro atoms. The van der Waals surface area contributed by atoms with Gasteiger partial charge in [0.15, 0.2) is 17.3 Å². The van der Waals surface area contributed by atoms with E-state index in [2.05, 4.69) is 15.2 Å². The second-order valence-electron chi connectivity index (χ2n) is 5.84. The average molecular weight is 357 g/mol. The molecule has 4 rings (SSSR count). The van der Waals surface area contributed by atoms with Crippen molar-refractivity contribution in [3.63, 3.8) is 0 Å². The van der Waals surface area contributed by atoms with Crippen LogP contribution in [0.4, 0.5) is 8.78 Å². The number of fused-ring (bicyclic) bond motifs is 1. The molecule has 26 heavy (non-hydrogen) atoms. The maximum Gasteiger partial charge on any atom is 0.330 e. The number of halogens is 2. The van der Waals surface area contributed by atoms with E-state index in [1.807, 2.05) is 0 Å². The van der Waals surface area contributed by atoms with E-state index >= 15 is 0 Å². The smallest absolute Gasteiger partial charge is 0.330 e. The third-order valence-corrected chi connectivity index (χ3v) is 4.09. The standard InChI is InChI=1S/C17H13F2N5O2/c1-9-21-22-15(26-9)8-24-14-6-11(7-20-16(14)23(2)17(24)25)10-3-4-12(18)13(19)5-10/h3-7H,8H2,1-2H3. The van der Waals surface area contributed by atoms with Crippen molar-refractivity contribution in [1.29, 1.82) is 0 Å². The summed E-state index contributed by atoms with van der Waals surface area (Å²) in [6, 6.07) is 5.28. The molecule has 1 aromatic carbocycles. The molecule has 0 bridgehead atoms. The van der Waals surface area contributed by atoms with Crippen LogP contribution >= 0.6 is 0 Å². The van der Waals surface area contributed by atoms with Crippen LogP contribution in [0.15, 0.2) is 39.7 Å². The van der Waals surface area contributed by atoms with E-state index in [1.165, 1.54) is 21.4 Å². The van der Waals surface area contributed by atoms with E-state index in [9.17, 15) is 13.6 Å². The van der Waals surface area contributed by atoms with Gasteiger partial charge in [-0.25, -0.2) is 18.6 Å². The van der Waals surface area contributed by atoms with Crippen molar-refractivity contribution in [1.82, 2.24) is 24.3 Å². The van der Waals surface area contributed by atoms with Crippen molar-refractivity contribution in [2.24, 2.45) is 7.05 Å². The molecule has 0 saturated carbocycles. The van der Waals surface area contributed by atoms with E-state index in [4.69, 9.17) is 4.42 Å². The molecule has 4 aromatic rings. The lowest BCUT2D eigenvalue weighted by atomic mass is 10.1. The van der Waals surface area contributed by atoms with Crippen LogP contribution in [0.5, 0.6) is 0 Å². The Balaban J connectivity index is 1.87. The zero-order valence-electron chi connectivity index (χ0n) is 13.9. The summed E-state index contributed by atoms with van der Waals surface area (Å²) in [5, 5.41) is 7.65. The summed E-state index contributed by atoms with van der Waals surface area (Å²) < 4.78 is 34.9. The SMILES string of the molecule is Cc1nnc(Cn2c(=O)n(C)c3ncc(-c4ccc(F)c(F)c4)cc32)o1. The van der Waals surface area contributed by atoms with Crippen molar-refractivity contribution in [2.75, 3.05) is 0 Å². The molecule has 3 aromatic heterocycles. The Bertz CT molecular complexity index is 1190. The van der Waals surface area contributed by atoms with Crippen LogP contribution in [0.3, 0.4) is 0 Å². The molecule has 7 nitrogen and oxygen atoms in total. The molecule has 0 N–H and O–H groups in total. The van der Waals surface area contributed by atoms with Crippen LogP contribution in [0.2, 0.25) is 0 Å².